The Morgan fingerprint density at radius 2 is 2.11 bits per heavy atom. The lowest BCUT2D eigenvalue weighted by molar-refractivity contribution is 0.269. The number of nitrogens with zero attached hydrogens (tertiary/aromatic N) is 3. The van der Waals surface area contributed by atoms with Crippen LogP contribution in [0.1, 0.15) is 35.0 Å². The Balaban J connectivity index is 1.58. The van der Waals surface area contributed by atoms with Crippen molar-refractivity contribution in [1.82, 2.24) is 14.9 Å². The summed E-state index contributed by atoms with van der Waals surface area (Å²) in [6.07, 6.45) is 7.07. The van der Waals surface area contributed by atoms with Crippen LogP contribution in [0.25, 0.3) is 0 Å². The summed E-state index contributed by atoms with van der Waals surface area (Å²) in [6.45, 7) is 1.10. The maximum atomic E-state index is 12.9. The molecular weight excluding hydrogens is 460 g/mol. The van der Waals surface area contributed by atoms with Gasteiger partial charge >= 0.3 is 5.69 Å². The highest BCUT2D eigenvalue weighted by Crippen LogP contribution is 2.39. The first kappa shape index (κ1) is 23.1. The number of nitrogens with two attached hydrogens (primary N) is 2. The van der Waals surface area contributed by atoms with E-state index in [-0.39, 0.29) is 5.84 Å². The number of H-pyrrole nitrogens is 1. The molecule has 1 aromatic heterocycles. The van der Waals surface area contributed by atoms with Crippen molar-refractivity contribution < 1.29 is 9.47 Å². The highest BCUT2D eigenvalue weighted by atomic mass is 16.5. The van der Waals surface area contributed by atoms with E-state index in [1.165, 1.54) is 4.79 Å². The molecule has 5 rings (SSSR count). The summed E-state index contributed by atoms with van der Waals surface area (Å²) in [5.41, 5.74) is 14.9. The van der Waals surface area contributed by atoms with Gasteiger partial charge in [-0.25, -0.2) is 4.79 Å². The summed E-state index contributed by atoms with van der Waals surface area (Å²) in [4.78, 5) is 17.1. The molecule has 1 unspecified atom stereocenters. The van der Waals surface area contributed by atoms with Gasteiger partial charge in [0.25, 0.3) is 0 Å². The van der Waals surface area contributed by atoms with Gasteiger partial charge in [-0.1, -0.05) is 6.08 Å². The predicted molar refractivity (Wildman–Crippen MR) is 137 cm³/mol. The van der Waals surface area contributed by atoms with Crippen LogP contribution in [0.2, 0.25) is 0 Å². The third-order valence-corrected chi connectivity index (χ3v) is 6.09. The number of amidine groups is 1. The van der Waals surface area contributed by atoms with Crippen molar-refractivity contribution >= 4 is 11.5 Å². The number of aromatic nitrogens is 3. The average molecular weight is 489 g/mol. The quantitative estimate of drug-likeness (QED) is 0.248. The van der Waals surface area contributed by atoms with Crippen LogP contribution in [-0.2, 0) is 6.42 Å². The number of hydrogen-bond donors (Lipinski definition) is 5. The van der Waals surface area contributed by atoms with Crippen LogP contribution < -0.4 is 37.0 Å². The molecule has 11 nitrogen and oxygen atoms in total. The Labute approximate surface area is 207 Å². The third-order valence-electron chi connectivity index (χ3n) is 6.09. The number of hydrogen-bond acceptors (Lipinski definition) is 8. The Morgan fingerprint density at radius 1 is 1.31 bits per heavy atom. The van der Waals surface area contributed by atoms with Gasteiger partial charge < -0.3 is 26.3 Å². The van der Waals surface area contributed by atoms with Gasteiger partial charge in [0.05, 0.1) is 20.3 Å². The number of nitrogens with one attached hydrogen (secondary N) is 3. The van der Waals surface area contributed by atoms with Gasteiger partial charge in [0.15, 0.2) is 17.3 Å². The molecule has 0 saturated heterocycles. The Morgan fingerprint density at radius 3 is 2.83 bits per heavy atom. The van der Waals surface area contributed by atoms with E-state index < -0.39 is 11.7 Å². The molecule has 11 heteroatoms. The summed E-state index contributed by atoms with van der Waals surface area (Å²) in [5.74, 6) is 1.77. The van der Waals surface area contributed by atoms with Crippen LogP contribution in [-0.4, -0.2) is 41.0 Å². The number of nitrogen functional groups attached to an aromatic ring is 1. The molecule has 2 aromatic carbocycles. The topological polar surface area (TPSA) is 160 Å². The average Bonchev–Trinajstić information content (AvgIpc) is 3.28. The standard InChI is InChI=1S/C25H28N8O3/c1-35-20-13-17(12-16-4-3-11-36-22(16)20)21(29-19-8-6-15(7-9-19)23(27)28)24-30-25(34)33(31-24)32-10-2-5-18(26)14-32/h2,5-9,12-14,21,29H,3-4,10-11,26H2,1H3,(H3,27,28)(H,30,31,34). The molecule has 0 bridgehead atoms. The fourth-order valence-electron chi connectivity index (χ4n) is 4.34. The maximum Gasteiger partial charge on any atom is 0.363 e. The molecule has 2 aliphatic heterocycles. The minimum Gasteiger partial charge on any atom is -0.493 e. The fraction of sp³-hybridized carbons (Fsp3) is 0.240. The molecular formula is C25H28N8O3. The van der Waals surface area contributed by atoms with Crippen molar-refractivity contribution in [2.75, 3.05) is 30.6 Å². The summed E-state index contributed by atoms with van der Waals surface area (Å²) in [6, 6.07) is 10.6. The number of fused-ring (bicyclic) bond motifs is 1. The predicted octanol–water partition coefficient (Wildman–Crippen LogP) is 1.70. The normalized spacial score (nSPS) is 15.5. The number of anilines is 1. The monoisotopic (exact) mass is 488 g/mol. The molecule has 0 saturated carbocycles. The van der Waals surface area contributed by atoms with E-state index in [2.05, 4.69) is 21.5 Å². The zero-order valence-corrected chi connectivity index (χ0v) is 19.8. The molecule has 0 aliphatic carbocycles. The lowest BCUT2D eigenvalue weighted by Gasteiger charge is -2.24. The van der Waals surface area contributed by atoms with Gasteiger partial charge in [0.2, 0.25) is 0 Å². The molecule has 0 fully saturated rings. The van der Waals surface area contributed by atoms with E-state index in [9.17, 15) is 4.79 Å². The summed E-state index contributed by atoms with van der Waals surface area (Å²) >= 11 is 0. The van der Waals surface area contributed by atoms with Crippen molar-refractivity contribution in [2.24, 2.45) is 11.5 Å². The summed E-state index contributed by atoms with van der Waals surface area (Å²) < 4.78 is 11.5. The summed E-state index contributed by atoms with van der Waals surface area (Å²) in [5, 5.41) is 17.3. The lowest BCUT2D eigenvalue weighted by Crippen LogP contribution is -2.40. The molecule has 0 amide bonds. The minimum absolute atomic E-state index is 0.0106. The zero-order valence-electron chi connectivity index (χ0n) is 19.8. The van der Waals surface area contributed by atoms with Crippen molar-refractivity contribution in [2.45, 2.75) is 18.9 Å². The fourth-order valence-corrected chi connectivity index (χ4v) is 4.34. The molecule has 3 aromatic rings. The number of allylic oxidation sites excluding steroid dienone is 1. The zero-order chi connectivity index (χ0) is 25.2. The second-order valence-corrected chi connectivity index (χ2v) is 8.59. The third kappa shape index (κ3) is 4.50. The van der Waals surface area contributed by atoms with Crippen LogP contribution in [0.5, 0.6) is 11.5 Å². The molecule has 0 spiro atoms. The Bertz CT molecular complexity index is 1390. The van der Waals surface area contributed by atoms with E-state index in [4.69, 9.17) is 26.4 Å². The number of rotatable bonds is 7. The minimum atomic E-state index is -0.523. The Kier molecular flexibility index (Phi) is 6.11. The van der Waals surface area contributed by atoms with Crippen molar-refractivity contribution in [3.05, 3.63) is 93.4 Å². The lowest BCUT2D eigenvalue weighted by atomic mass is 9.97. The van der Waals surface area contributed by atoms with Crippen molar-refractivity contribution in [3.8, 4) is 11.5 Å². The molecule has 186 valence electrons. The number of ether oxygens (including phenoxy) is 2. The molecule has 1 atom stereocenters. The second-order valence-electron chi connectivity index (χ2n) is 8.59. The molecule has 3 heterocycles. The van der Waals surface area contributed by atoms with Crippen LogP contribution in [0.4, 0.5) is 5.69 Å². The molecule has 2 aliphatic rings. The van der Waals surface area contributed by atoms with Crippen LogP contribution >= 0.6 is 0 Å². The van der Waals surface area contributed by atoms with Crippen LogP contribution in [0, 0.1) is 5.41 Å². The van der Waals surface area contributed by atoms with E-state index in [0.29, 0.717) is 36.0 Å². The van der Waals surface area contributed by atoms with Crippen molar-refractivity contribution in [1.29, 1.82) is 5.41 Å². The maximum absolute atomic E-state index is 12.9. The van der Waals surface area contributed by atoms with E-state index in [0.717, 1.165) is 35.4 Å². The van der Waals surface area contributed by atoms with Crippen LogP contribution in [0.15, 0.2) is 65.2 Å². The second kappa shape index (κ2) is 9.53. The number of aromatic amines is 1. The van der Waals surface area contributed by atoms with Gasteiger partial charge in [-0.05, 0) is 66.4 Å². The Hall–Kier alpha value is -4.67. The largest absolute Gasteiger partial charge is 0.493 e. The highest BCUT2D eigenvalue weighted by Gasteiger charge is 2.25. The van der Waals surface area contributed by atoms with Gasteiger partial charge in [0.1, 0.15) is 11.9 Å². The molecule has 0 radical (unpaired) electrons. The van der Waals surface area contributed by atoms with Crippen molar-refractivity contribution in [3.63, 3.8) is 0 Å². The first-order valence-corrected chi connectivity index (χ1v) is 11.6. The van der Waals surface area contributed by atoms with Gasteiger partial charge in [0, 0.05) is 23.1 Å². The smallest absolute Gasteiger partial charge is 0.363 e. The van der Waals surface area contributed by atoms with Gasteiger partial charge in [-0.2, -0.15) is 0 Å². The van der Waals surface area contributed by atoms with Gasteiger partial charge in [-0.3, -0.25) is 15.4 Å². The van der Waals surface area contributed by atoms with E-state index >= 15 is 0 Å². The number of benzene rings is 2. The first-order chi connectivity index (χ1) is 17.4. The SMILES string of the molecule is COc1cc(C(Nc2ccc(C(=N)N)cc2)c2nn(N3C=C(N)C=CC3)c(=O)[nH]2)cc2c1OCCC2. The molecule has 36 heavy (non-hydrogen) atoms. The van der Waals surface area contributed by atoms with Gasteiger partial charge in [-0.15, -0.1) is 9.89 Å². The summed E-state index contributed by atoms with van der Waals surface area (Å²) in [7, 11) is 1.61. The van der Waals surface area contributed by atoms with Crippen LogP contribution in [0.3, 0.4) is 0 Å². The number of methoxy groups -OCH3 is 1. The van der Waals surface area contributed by atoms with E-state index in [1.54, 1.807) is 36.5 Å². The highest BCUT2D eigenvalue weighted by molar-refractivity contribution is 5.95. The number of aryl methyl sites for hydroxylation is 1. The first-order valence-electron chi connectivity index (χ1n) is 11.6. The molecule has 7 N–H and O–H groups in total. The van der Waals surface area contributed by atoms with E-state index in [1.807, 2.05) is 24.3 Å².